The molecule has 1 amide bonds. The summed E-state index contributed by atoms with van der Waals surface area (Å²) in [5, 5.41) is 12.1. The average molecular weight is 301 g/mol. The molecule has 20 heavy (non-hydrogen) atoms. The van der Waals surface area contributed by atoms with Crippen molar-refractivity contribution >= 4 is 17.5 Å². The highest BCUT2D eigenvalue weighted by atomic mass is 35.5. The largest absolute Gasteiger partial charge is 0.396 e. The number of ether oxygens (including phenoxy) is 1. The minimum Gasteiger partial charge on any atom is -0.396 e. The van der Waals surface area contributed by atoms with Gasteiger partial charge in [0.1, 0.15) is 5.15 Å². The van der Waals surface area contributed by atoms with E-state index in [2.05, 4.69) is 10.3 Å². The van der Waals surface area contributed by atoms with E-state index >= 15 is 0 Å². The molecule has 1 aromatic heterocycles. The zero-order valence-electron chi connectivity index (χ0n) is 11.9. The van der Waals surface area contributed by atoms with E-state index < -0.39 is 0 Å². The van der Waals surface area contributed by atoms with E-state index in [1.54, 1.807) is 19.2 Å². The summed E-state index contributed by atoms with van der Waals surface area (Å²) >= 11 is 5.93. The maximum Gasteiger partial charge on any atom is 0.251 e. The van der Waals surface area contributed by atoms with Crippen molar-refractivity contribution in [3.8, 4) is 0 Å². The fourth-order valence-electron chi connectivity index (χ4n) is 1.89. The van der Waals surface area contributed by atoms with Gasteiger partial charge in [-0.25, -0.2) is 4.98 Å². The first-order valence-corrected chi connectivity index (χ1v) is 7.05. The summed E-state index contributed by atoms with van der Waals surface area (Å²) in [6.07, 6.45) is 2.16. The van der Waals surface area contributed by atoms with Gasteiger partial charge >= 0.3 is 0 Å². The molecule has 1 rings (SSSR count). The van der Waals surface area contributed by atoms with Crippen LogP contribution in [0, 0.1) is 0 Å². The molecule has 5 nitrogen and oxygen atoms in total. The summed E-state index contributed by atoms with van der Waals surface area (Å²) in [6.45, 7) is 2.39. The SMILES string of the molecule is CCCc1cc(C(=O)NC(CCO)COC)cc(Cl)n1. The van der Waals surface area contributed by atoms with Gasteiger partial charge in [-0.15, -0.1) is 0 Å². The number of methoxy groups -OCH3 is 1. The van der Waals surface area contributed by atoms with Crippen molar-refractivity contribution in [2.75, 3.05) is 20.3 Å². The normalized spacial score (nSPS) is 12.2. The van der Waals surface area contributed by atoms with E-state index in [1.807, 2.05) is 6.92 Å². The lowest BCUT2D eigenvalue weighted by Gasteiger charge is -2.17. The minimum absolute atomic E-state index is 0.00745. The maximum atomic E-state index is 12.2. The number of aryl methyl sites for hydroxylation is 1. The molecule has 0 saturated carbocycles. The lowest BCUT2D eigenvalue weighted by molar-refractivity contribution is 0.0878. The van der Waals surface area contributed by atoms with Crippen molar-refractivity contribution in [1.82, 2.24) is 10.3 Å². The molecule has 0 aliphatic rings. The van der Waals surface area contributed by atoms with Gasteiger partial charge in [-0.1, -0.05) is 24.9 Å². The highest BCUT2D eigenvalue weighted by Crippen LogP contribution is 2.13. The first-order valence-electron chi connectivity index (χ1n) is 6.67. The van der Waals surface area contributed by atoms with Crippen molar-refractivity contribution in [3.63, 3.8) is 0 Å². The molecule has 112 valence electrons. The Kier molecular flexibility index (Phi) is 7.51. The van der Waals surface area contributed by atoms with Crippen LogP contribution in [0.5, 0.6) is 0 Å². The van der Waals surface area contributed by atoms with Crippen LogP contribution < -0.4 is 5.32 Å². The van der Waals surface area contributed by atoms with Crippen LogP contribution in [0.2, 0.25) is 5.15 Å². The molecule has 0 bridgehead atoms. The Bertz CT molecular complexity index is 434. The van der Waals surface area contributed by atoms with Crippen LogP contribution in [0.15, 0.2) is 12.1 Å². The van der Waals surface area contributed by atoms with Crippen LogP contribution in [-0.4, -0.2) is 42.4 Å². The van der Waals surface area contributed by atoms with Gasteiger partial charge in [-0.05, 0) is 25.0 Å². The van der Waals surface area contributed by atoms with Gasteiger partial charge < -0.3 is 15.2 Å². The number of amides is 1. The third-order valence-electron chi connectivity index (χ3n) is 2.80. The third kappa shape index (κ3) is 5.45. The Morgan fingerprint density at radius 1 is 1.55 bits per heavy atom. The smallest absolute Gasteiger partial charge is 0.251 e. The first-order chi connectivity index (χ1) is 9.60. The average Bonchev–Trinajstić information content (AvgIpc) is 2.39. The molecule has 2 N–H and O–H groups in total. The number of nitrogens with zero attached hydrogens (tertiary/aromatic N) is 1. The second-order valence-corrected chi connectivity index (χ2v) is 4.95. The number of aliphatic hydroxyl groups excluding tert-OH is 1. The van der Waals surface area contributed by atoms with Gasteiger partial charge in [0.25, 0.3) is 5.91 Å². The molecule has 1 unspecified atom stereocenters. The van der Waals surface area contributed by atoms with Gasteiger partial charge in [-0.2, -0.15) is 0 Å². The Morgan fingerprint density at radius 2 is 2.30 bits per heavy atom. The number of aromatic nitrogens is 1. The molecule has 6 heteroatoms. The number of rotatable bonds is 8. The Labute approximate surface area is 124 Å². The number of hydrogen-bond acceptors (Lipinski definition) is 4. The van der Waals surface area contributed by atoms with Gasteiger partial charge in [0.2, 0.25) is 0 Å². The van der Waals surface area contributed by atoms with Crippen molar-refractivity contribution in [1.29, 1.82) is 0 Å². The number of carbonyl (C=O) groups excluding carboxylic acids is 1. The van der Waals surface area contributed by atoms with Gasteiger partial charge in [0.05, 0.1) is 12.6 Å². The summed E-state index contributed by atoms with van der Waals surface area (Å²) in [5.74, 6) is -0.234. The molecule has 1 heterocycles. The summed E-state index contributed by atoms with van der Waals surface area (Å²) in [4.78, 5) is 16.4. The predicted octanol–water partition coefficient (Wildman–Crippen LogP) is 1.81. The molecular formula is C14H21ClN2O3. The van der Waals surface area contributed by atoms with Crippen LogP contribution in [0.4, 0.5) is 0 Å². The standard InChI is InChI=1S/C14H21ClN2O3/c1-3-4-11-7-10(8-13(15)16-11)14(19)17-12(5-6-18)9-20-2/h7-8,12,18H,3-6,9H2,1-2H3,(H,17,19). The summed E-state index contributed by atoms with van der Waals surface area (Å²) in [6, 6.07) is 3.06. The molecule has 1 aromatic rings. The first kappa shape index (κ1) is 16.9. The molecule has 0 aliphatic heterocycles. The number of aliphatic hydroxyl groups is 1. The van der Waals surface area contributed by atoms with Crippen LogP contribution in [-0.2, 0) is 11.2 Å². The fraction of sp³-hybridized carbons (Fsp3) is 0.571. The Morgan fingerprint density at radius 3 is 2.90 bits per heavy atom. The van der Waals surface area contributed by atoms with E-state index in [0.29, 0.717) is 23.7 Å². The van der Waals surface area contributed by atoms with Gasteiger partial charge in [0, 0.05) is 25.0 Å². The van der Waals surface area contributed by atoms with Crippen LogP contribution in [0.1, 0.15) is 35.8 Å². The van der Waals surface area contributed by atoms with Crippen molar-refractivity contribution in [2.45, 2.75) is 32.2 Å². The van der Waals surface area contributed by atoms with E-state index in [4.69, 9.17) is 21.4 Å². The molecule has 0 saturated heterocycles. The molecule has 0 aromatic carbocycles. The summed E-state index contributed by atoms with van der Waals surface area (Å²) < 4.78 is 5.02. The molecule has 0 radical (unpaired) electrons. The predicted molar refractivity (Wildman–Crippen MR) is 78.1 cm³/mol. The zero-order chi connectivity index (χ0) is 15.0. The molecular weight excluding hydrogens is 280 g/mol. The van der Waals surface area contributed by atoms with Gasteiger partial charge in [0.15, 0.2) is 0 Å². The van der Waals surface area contributed by atoms with Crippen molar-refractivity contribution < 1.29 is 14.6 Å². The topological polar surface area (TPSA) is 71.5 Å². The molecule has 0 fully saturated rings. The number of hydrogen-bond donors (Lipinski definition) is 2. The number of carbonyl (C=O) groups is 1. The lowest BCUT2D eigenvalue weighted by atomic mass is 10.1. The lowest BCUT2D eigenvalue weighted by Crippen LogP contribution is -2.38. The quantitative estimate of drug-likeness (QED) is 0.718. The van der Waals surface area contributed by atoms with E-state index in [9.17, 15) is 4.79 Å². The highest BCUT2D eigenvalue weighted by molar-refractivity contribution is 6.29. The molecule has 0 aliphatic carbocycles. The third-order valence-corrected chi connectivity index (χ3v) is 2.99. The molecule has 0 spiro atoms. The second kappa shape index (κ2) is 8.89. The summed E-state index contributed by atoms with van der Waals surface area (Å²) in [7, 11) is 1.55. The monoisotopic (exact) mass is 300 g/mol. The number of halogens is 1. The van der Waals surface area contributed by atoms with Crippen LogP contribution in [0.3, 0.4) is 0 Å². The van der Waals surface area contributed by atoms with Crippen LogP contribution in [0.25, 0.3) is 0 Å². The highest BCUT2D eigenvalue weighted by Gasteiger charge is 2.14. The Balaban J connectivity index is 2.79. The van der Waals surface area contributed by atoms with E-state index in [0.717, 1.165) is 18.5 Å². The van der Waals surface area contributed by atoms with Crippen molar-refractivity contribution in [3.05, 3.63) is 28.5 Å². The maximum absolute atomic E-state index is 12.2. The van der Waals surface area contributed by atoms with Crippen molar-refractivity contribution in [2.24, 2.45) is 0 Å². The second-order valence-electron chi connectivity index (χ2n) is 4.56. The number of nitrogens with one attached hydrogen (secondary N) is 1. The van der Waals surface area contributed by atoms with Gasteiger partial charge in [-0.3, -0.25) is 4.79 Å². The minimum atomic E-state index is -0.234. The fourth-order valence-corrected chi connectivity index (χ4v) is 2.12. The molecule has 1 atom stereocenters. The number of pyridine rings is 1. The Hall–Kier alpha value is -1.17. The van der Waals surface area contributed by atoms with E-state index in [1.165, 1.54) is 0 Å². The van der Waals surface area contributed by atoms with Crippen LogP contribution >= 0.6 is 11.6 Å². The zero-order valence-corrected chi connectivity index (χ0v) is 12.6. The summed E-state index contributed by atoms with van der Waals surface area (Å²) in [5.41, 5.74) is 1.28. The van der Waals surface area contributed by atoms with E-state index in [-0.39, 0.29) is 18.6 Å².